The van der Waals surface area contributed by atoms with Gasteiger partial charge < -0.3 is 18.7 Å². The number of methoxy groups -OCH3 is 3. The van der Waals surface area contributed by atoms with Gasteiger partial charge >= 0.3 is 5.69 Å². The summed E-state index contributed by atoms with van der Waals surface area (Å²) in [6, 6.07) is 10.4. The molecule has 0 bridgehead atoms. The lowest BCUT2D eigenvalue weighted by atomic mass is 10.1. The fraction of sp³-hybridized carbons (Fsp3) is 0.222. The molecule has 1 heterocycles. The van der Waals surface area contributed by atoms with E-state index in [1.54, 1.807) is 13.2 Å². The second kappa shape index (κ2) is 7.73. The minimum atomic E-state index is -0.557. The van der Waals surface area contributed by atoms with Crippen molar-refractivity contribution < 1.29 is 23.7 Å². The van der Waals surface area contributed by atoms with E-state index in [0.29, 0.717) is 17.8 Å². The Morgan fingerprint density at radius 1 is 1.11 bits per heavy atom. The number of aromatic nitrogens is 2. The minimum Gasteiger partial charge on any atom is -0.497 e. The maximum absolute atomic E-state index is 11.3. The summed E-state index contributed by atoms with van der Waals surface area (Å²) < 4.78 is 20.7. The topological polar surface area (TPSA) is 110 Å². The van der Waals surface area contributed by atoms with Crippen LogP contribution in [0.4, 0.5) is 5.69 Å². The van der Waals surface area contributed by atoms with Crippen LogP contribution in [-0.2, 0) is 6.42 Å². The molecule has 27 heavy (non-hydrogen) atoms. The van der Waals surface area contributed by atoms with Crippen LogP contribution >= 0.6 is 0 Å². The summed E-state index contributed by atoms with van der Waals surface area (Å²) in [5.41, 5.74) is 1.06. The van der Waals surface area contributed by atoms with Gasteiger partial charge in [-0.15, -0.1) is 0 Å². The minimum absolute atomic E-state index is 0.0300. The Bertz CT molecular complexity index is 969. The second-order valence-corrected chi connectivity index (χ2v) is 5.53. The zero-order valence-corrected chi connectivity index (χ0v) is 15.0. The summed E-state index contributed by atoms with van der Waals surface area (Å²) in [4.78, 5) is 15.1. The number of nitro benzene ring substituents is 1. The summed E-state index contributed by atoms with van der Waals surface area (Å²) >= 11 is 0. The molecule has 0 fully saturated rings. The van der Waals surface area contributed by atoms with E-state index in [4.69, 9.17) is 18.7 Å². The van der Waals surface area contributed by atoms with E-state index in [0.717, 1.165) is 11.3 Å². The van der Waals surface area contributed by atoms with Crippen LogP contribution in [0.15, 0.2) is 40.9 Å². The Morgan fingerprint density at radius 2 is 1.93 bits per heavy atom. The van der Waals surface area contributed by atoms with Crippen molar-refractivity contribution in [2.45, 2.75) is 6.42 Å². The highest BCUT2D eigenvalue weighted by Gasteiger charge is 2.24. The van der Waals surface area contributed by atoms with Crippen LogP contribution in [0, 0.1) is 10.1 Å². The second-order valence-electron chi connectivity index (χ2n) is 5.53. The molecule has 3 aromatic rings. The summed E-state index contributed by atoms with van der Waals surface area (Å²) in [5, 5.41) is 15.3. The van der Waals surface area contributed by atoms with Crippen molar-refractivity contribution in [1.82, 2.24) is 10.1 Å². The maximum Gasteiger partial charge on any atom is 0.315 e. The molecule has 0 aliphatic carbocycles. The zero-order valence-electron chi connectivity index (χ0n) is 15.0. The Kier molecular flexibility index (Phi) is 5.20. The quantitative estimate of drug-likeness (QED) is 0.460. The molecule has 0 aliphatic heterocycles. The number of nitrogens with zero attached hydrogens (tertiary/aromatic N) is 3. The number of hydrogen-bond acceptors (Lipinski definition) is 8. The Hall–Kier alpha value is -3.62. The van der Waals surface area contributed by atoms with Crippen LogP contribution in [0.25, 0.3) is 11.5 Å². The van der Waals surface area contributed by atoms with Crippen molar-refractivity contribution >= 4 is 5.69 Å². The third kappa shape index (κ3) is 3.81. The first-order valence-corrected chi connectivity index (χ1v) is 7.92. The number of ether oxygens (including phenoxy) is 3. The highest BCUT2D eigenvalue weighted by atomic mass is 16.6. The molecule has 0 unspecified atom stereocenters. The van der Waals surface area contributed by atoms with Gasteiger partial charge in [0.1, 0.15) is 5.75 Å². The van der Waals surface area contributed by atoms with Gasteiger partial charge in [0.2, 0.25) is 5.75 Å². The van der Waals surface area contributed by atoms with Gasteiger partial charge in [0.05, 0.1) is 31.8 Å². The fourth-order valence-electron chi connectivity index (χ4n) is 2.61. The average molecular weight is 371 g/mol. The van der Waals surface area contributed by atoms with E-state index in [9.17, 15) is 10.1 Å². The lowest BCUT2D eigenvalue weighted by molar-refractivity contribution is -0.385. The van der Waals surface area contributed by atoms with Crippen molar-refractivity contribution in [3.8, 4) is 28.7 Å². The molecule has 2 aromatic carbocycles. The third-order valence-corrected chi connectivity index (χ3v) is 3.87. The van der Waals surface area contributed by atoms with E-state index in [1.165, 1.54) is 20.3 Å². The molecule has 0 N–H and O–H groups in total. The van der Waals surface area contributed by atoms with Crippen molar-refractivity contribution in [3.63, 3.8) is 0 Å². The summed E-state index contributed by atoms with van der Waals surface area (Å²) in [6.45, 7) is 0. The largest absolute Gasteiger partial charge is 0.497 e. The number of rotatable bonds is 7. The standard InChI is InChI=1S/C18H17N3O6/c1-24-13-6-4-5-11(7-13)8-16-19-18(27-20-16)12-9-14(21(22)23)17(26-3)15(10-12)25-2/h4-7,9-10H,8H2,1-3H3. The van der Waals surface area contributed by atoms with E-state index >= 15 is 0 Å². The Morgan fingerprint density at radius 3 is 2.59 bits per heavy atom. The van der Waals surface area contributed by atoms with Gasteiger partial charge in [0, 0.05) is 12.5 Å². The summed E-state index contributed by atoms with van der Waals surface area (Å²) in [7, 11) is 4.33. The molecule has 9 nitrogen and oxygen atoms in total. The molecule has 0 atom stereocenters. The highest BCUT2D eigenvalue weighted by Crippen LogP contribution is 2.40. The lowest BCUT2D eigenvalue weighted by Crippen LogP contribution is -1.98. The molecule has 3 rings (SSSR count). The predicted molar refractivity (Wildman–Crippen MR) is 95.3 cm³/mol. The number of benzene rings is 2. The molecule has 0 spiro atoms. The van der Waals surface area contributed by atoms with Crippen molar-refractivity contribution in [2.75, 3.05) is 21.3 Å². The van der Waals surface area contributed by atoms with Crippen LogP contribution in [0.1, 0.15) is 11.4 Å². The van der Waals surface area contributed by atoms with Gasteiger partial charge in [-0.25, -0.2) is 0 Å². The normalized spacial score (nSPS) is 10.5. The third-order valence-electron chi connectivity index (χ3n) is 3.87. The summed E-state index contributed by atoms with van der Waals surface area (Å²) in [5.74, 6) is 1.55. The van der Waals surface area contributed by atoms with Crippen LogP contribution < -0.4 is 14.2 Å². The van der Waals surface area contributed by atoms with Crippen LogP contribution in [-0.4, -0.2) is 36.4 Å². The smallest absolute Gasteiger partial charge is 0.315 e. The molecule has 0 radical (unpaired) electrons. The first kappa shape index (κ1) is 18.2. The number of hydrogen-bond donors (Lipinski definition) is 0. The van der Waals surface area contributed by atoms with Crippen molar-refractivity contribution in [2.24, 2.45) is 0 Å². The van der Waals surface area contributed by atoms with Crippen LogP contribution in [0.3, 0.4) is 0 Å². The van der Waals surface area contributed by atoms with E-state index in [1.807, 2.05) is 24.3 Å². The average Bonchev–Trinajstić information content (AvgIpc) is 3.15. The first-order valence-electron chi connectivity index (χ1n) is 7.92. The van der Waals surface area contributed by atoms with Gasteiger partial charge in [0.15, 0.2) is 11.6 Å². The molecule has 0 saturated heterocycles. The SMILES string of the molecule is COc1cccc(Cc2noc(-c3cc(OC)c(OC)c([N+](=O)[O-])c3)n2)c1. The van der Waals surface area contributed by atoms with Gasteiger partial charge in [0.25, 0.3) is 5.89 Å². The van der Waals surface area contributed by atoms with Gasteiger partial charge in [-0.05, 0) is 23.8 Å². The van der Waals surface area contributed by atoms with Crippen LogP contribution in [0.5, 0.6) is 17.2 Å². The Labute approximate surface area is 154 Å². The molecule has 0 saturated carbocycles. The monoisotopic (exact) mass is 371 g/mol. The molecule has 0 amide bonds. The fourth-order valence-corrected chi connectivity index (χ4v) is 2.61. The summed E-state index contributed by atoms with van der Waals surface area (Å²) in [6.07, 6.45) is 0.427. The molecular weight excluding hydrogens is 354 g/mol. The predicted octanol–water partition coefficient (Wildman–Crippen LogP) is 3.26. The van der Waals surface area contributed by atoms with E-state index in [2.05, 4.69) is 10.1 Å². The van der Waals surface area contributed by atoms with Gasteiger partial charge in [-0.1, -0.05) is 17.3 Å². The molecule has 0 aliphatic rings. The highest BCUT2D eigenvalue weighted by molar-refractivity contribution is 5.68. The van der Waals surface area contributed by atoms with Crippen molar-refractivity contribution in [1.29, 1.82) is 0 Å². The molecule has 9 heteroatoms. The Balaban J connectivity index is 1.93. The number of nitro groups is 1. The molecule has 1 aromatic heterocycles. The van der Waals surface area contributed by atoms with Crippen molar-refractivity contribution in [3.05, 3.63) is 57.9 Å². The molecular formula is C18H17N3O6. The molecule has 140 valence electrons. The van der Waals surface area contributed by atoms with Gasteiger partial charge in [-0.3, -0.25) is 10.1 Å². The van der Waals surface area contributed by atoms with E-state index in [-0.39, 0.29) is 23.1 Å². The zero-order chi connectivity index (χ0) is 19.4. The van der Waals surface area contributed by atoms with Crippen LogP contribution in [0.2, 0.25) is 0 Å². The van der Waals surface area contributed by atoms with Gasteiger partial charge in [-0.2, -0.15) is 4.98 Å². The lowest BCUT2D eigenvalue weighted by Gasteiger charge is -2.08. The van der Waals surface area contributed by atoms with E-state index < -0.39 is 4.92 Å². The first-order chi connectivity index (χ1) is 13.0. The maximum atomic E-state index is 11.3.